The Bertz CT molecular complexity index is 469. The Morgan fingerprint density at radius 2 is 0.658 bits per heavy atom. The summed E-state index contributed by atoms with van der Waals surface area (Å²) in [6.07, 6.45) is 31.1. The van der Waals surface area contributed by atoms with Gasteiger partial charge in [0.05, 0.1) is 0 Å². The van der Waals surface area contributed by atoms with Crippen molar-refractivity contribution in [2.45, 2.75) is 207 Å². The molecule has 0 N–H and O–H groups in total. The zero-order valence-corrected chi connectivity index (χ0v) is 26.0. The van der Waals surface area contributed by atoms with Gasteiger partial charge in [0.1, 0.15) is 0 Å². The van der Waals surface area contributed by atoms with Crippen LogP contribution in [0.4, 0.5) is 0 Å². The van der Waals surface area contributed by atoms with Gasteiger partial charge in [0.2, 0.25) is 6.29 Å². The first kappa shape index (κ1) is 36.9. The number of rotatable bonds is 30. The Morgan fingerprint density at radius 3 is 0.974 bits per heavy atom. The molecule has 0 aliphatic rings. The van der Waals surface area contributed by atoms with Crippen LogP contribution in [0.15, 0.2) is 0 Å². The van der Waals surface area contributed by atoms with Crippen molar-refractivity contribution in [3.05, 3.63) is 0 Å². The summed E-state index contributed by atoms with van der Waals surface area (Å²) in [6, 6.07) is 0. The molecule has 4 heteroatoms. The third-order valence-electron chi connectivity index (χ3n) is 7.54. The molecule has 0 bridgehead atoms. The largest absolute Gasteiger partial charge is 0.425 e. The Kier molecular flexibility index (Phi) is 29.6. The molecular weight excluding hydrogens is 472 g/mol. The van der Waals surface area contributed by atoms with Gasteiger partial charge >= 0.3 is 11.9 Å². The Balaban J connectivity index is 4.17. The summed E-state index contributed by atoms with van der Waals surface area (Å²) >= 11 is 0. The molecule has 0 aliphatic carbocycles. The molecule has 0 radical (unpaired) electrons. The highest BCUT2D eigenvalue weighted by atomic mass is 16.7. The lowest BCUT2D eigenvalue weighted by atomic mass is 10.1. The van der Waals surface area contributed by atoms with E-state index in [1.54, 1.807) is 0 Å². The summed E-state index contributed by atoms with van der Waals surface area (Å²) in [6.45, 7) is 6.73. The van der Waals surface area contributed by atoms with E-state index in [1.807, 2.05) is 0 Å². The summed E-state index contributed by atoms with van der Waals surface area (Å²) in [7, 11) is 0. The fourth-order valence-electron chi connectivity index (χ4n) is 4.98. The Labute approximate surface area is 237 Å². The average Bonchev–Trinajstić information content (AvgIpc) is 2.90. The van der Waals surface area contributed by atoms with E-state index >= 15 is 0 Å². The maximum absolute atomic E-state index is 12.5. The number of esters is 2. The zero-order valence-electron chi connectivity index (χ0n) is 26.0. The number of carbonyl (C=O) groups excluding carboxylic acids is 2. The lowest BCUT2D eigenvalue weighted by Crippen LogP contribution is -2.24. The fraction of sp³-hybridized carbons (Fsp3) is 0.941. The van der Waals surface area contributed by atoms with E-state index in [-0.39, 0.29) is 11.9 Å². The first-order chi connectivity index (χ1) is 18.6. The third-order valence-corrected chi connectivity index (χ3v) is 7.54. The molecule has 0 rings (SSSR count). The van der Waals surface area contributed by atoms with Crippen LogP contribution < -0.4 is 0 Å². The van der Waals surface area contributed by atoms with Gasteiger partial charge in [-0.1, -0.05) is 162 Å². The minimum Gasteiger partial charge on any atom is -0.425 e. The summed E-state index contributed by atoms with van der Waals surface area (Å²) in [5, 5.41) is 0. The third kappa shape index (κ3) is 28.0. The van der Waals surface area contributed by atoms with Gasteiger partial charge in [-0.2, -0.15) is 0 Å². The molecule has 0 fully saturated rings. The molecule has 0 saturated carbocycles. The highest BCUT2D eigenvalue weighted by Gasteiger charge is 2.18. The van der Waals surface area contributed by atoms with Gasteiger partial charge in [0.15, 0.2) is 0 Å². The predicted molar refractivity (Wildman–Crippen MR) is 162 cm³/mol. The fourth-order valence-corrected chi connectivity index (χ4v) is 4.98. The van der Waals surface area contributed by atoms with E-state index < -0.39 is 6.29 Å². The van der Waals surface area contributed by atoms with Crippen molar-refractivity contribution in [2.24, 2.45) is 0 Å². The molecule has 0 atom stereocenters. The second-order valence-electron chi connectivity index (χ2n) is 11.5. The molecule has 0 heterocycles. The maximum Gasteiger partial charge on any atom is 0.308 e. The van der Waals surface area contributed by atoms with Crippen molar-refractivity contribution in [3.63, 3.8) is 0 Å². The van der Waals surface area contributed by atoms with Gasteiger partial charge in [-0.05, 0) is 19.3 Å². The van der Waals surface area contributed by atoms with Crippen molar-refractivity contribution in [2.75, 3.05) is 0 Å². The standard InChI is InChI=1S/C34H66O4/c1-4-7-10-13-16-18-21-23-26-29-32(35)37-34(31-28-25-20-15-12-9-6-3)38-33(36)30-27-24-22-19-17-14-11-8-5-2/h34H,4-31H2,1-3H3. The van der Waals surface area contributed by atoms with Gasteiger partial charge < -0.3 is 9.47 Å². The van der Waals surface area contributed by atoms with Crippen LogP contribution in [0.1, 0.15) is 201 Å². The van der Waals surface area contributed by atoms with Crippen LogP contribution in [0.5, 0.6) is 0 Å². The number of carbonyl (C=O) groups is 2. The van der Waals surface area contributed by atoms with E-state index in [0.29, 0.717) is 19.3 Å². The maximum atomic E-state index is 12.5. The molecule has 38 heavy (non-hydrogen) atoms. The summed E-state index contributed by atoms with van der Waals surface area (Å²) < 4.78 is 11.3. The van der Waals surface area contributed by atoms with Crippen molar-refractivity contribution in [1.29, 1.82) is 0 Å². The summed E-state index contributed by atoms with van der Waals surface area (Å²) in [5.74, 6) is -0.423. The van der Waals surface area contributed by atoms with E-state index in [4.69, 9.17) is 9.47 Å². The summed E-state index contributed by atoms with van der Waals surface area (Å²) in [4.78, 5) is 24.9. The quantitative estimate of drug-likeness (QED) is 0.0518. The number of ether oxygens (including phenoxy) is 2. The van der Waals surface area contributed by atoms with E-state index in [0.717, 1.165) is 38.5 Å². The number of unbranched alkanes of at least 4 members (excludes halogenated alkanes) is 22. The first-order valence-electron chi connectivity index (χ1n) is 17.0. The predicted octanol–water partition coefficient (Wildman–Crippen LogP) is 11.4. The van der Waals surface area contributed by atoms with Crippen LogP contribution in [0.3, 0.4) is 0 Å². The van der Waals surface area contributed by atoms with E-state index in [1.165, 1.54) is 122 Å². The van der Waals surface area contributed by atoms with Crippen LogP contribution >= 0.6 is 0 Å². The normalized spacial score (nSPS) is 11.3. The minimum absolute atomic E-state index is 0.211. The van der Waals surface area contributed by atoms with Gasteiger partial charge in [0, 0.05) is 19.3 Å². The van der Waals surface area contributed by atoms with Crippen molar-refractivity contribution < 1.29 is 19.1 Å². The SMILES string of the molecule is CCCCCCCCCCCC(=O)OC(CCCCCCCCC)OC(=O)CCCCCCCCCCC. The zero-order chi connectivity index (χ0) is 27.9. The van der Waals surface area contributed by atoms with Gasteiger partial charge in [0.25, 0.3) is 0 Å². The second kappa shape index (κ2) is 30.5. The van der Waals surface area contributed by atoms with Crippen LogP contribution in [0.25, 0.3) is 0 Å². The van der Waals surface area contributed by atoms with Crippen molar-refractivity contribution >= 4 is 11.9 Å². The lowest BCUT2D eigenvalue weighted by molar-refractivity contribution is -0.189. The monoisotopic (exact) mass is 538 g/mol. The highest BCUT2D eigenvalue weighted by molar-refractivity contribution is 5.71. The average molecular weight is 539 g/mol. The van der Waals surface area contributed by atoms with Crippen molar-refractivity contribution in [1.82, 2.24) is 0 Å². The molecular formula is C34H66O4. The molecule has 0 amide bonds. The molecule has 0 aliphatic heterocycles. The van der Waals surface area contributed by atoms with E-state index in [9.17, 15) is 9.59 Å². The molecule has 226 valence electrons. The Hall–Kier alpha value is -1.06. The van der Waals surface area contributed by atoms with Gasteiger partial charge in [-0.25, -0.2) is 0 Å². The molecule has 0 aromatic carbocycles. The number of hydrogen-bond donors (Lipinski definition) is 0. The summed E-state index contributed by atoms with van der Waals surface area (Å²) in [5.41, 5.74) is 0. The molecule has 0 saturated heterocycles. The first-order valence-corrected chi connectivity index (χ1v) is 17.0. The molecule has 0 aromatic heterocycles. The number of hydrogen-bond acceptors (Lipinski definition) is 4. The van der Waals surface area contributed by atoms with Gasteiger partial charge in [-0.3, -0.25) is 9.59 Å². The molecule has 0 aromatic rings. The smallest absolute Gasteiger partial charge is 0.308 e. The Morgan fingerprint density at radius 1 is 0.395 bits per heavy atom. The highest BCUT2D eigenvalue weighted by Crippen LogP contribution is 2.16. The van der Waals surface area contributed by atoms with Crippen LogP contribution in [0, 0.1) is 0 Å². The van der Waals surface area contributed by atoms with E-state index in [2.05, 4.69) is 20.8 Å². The molecule has 0 spiro atoms. The van der Waals surface area contributed by atoms with Crippen LogP contribution in [-0.2, 0) is 19.1 Å². The topological polar surface area (TPSA) is 52.6 Å². The van der Waals surface area contributed by atoms with Gasteiger partial charge in [-0.15, -0.1) is 0 Å². The lowest BCUT2D eigenvalue weighted by Gasteiger charge is -2.18. The van der Waals surface area contributed by atoms with Crippen LogP contribution in [-0.4, -0.2) is 18.2 Å². The molecule has 4 nitrogen and oxygen atoms in total. The van der Waals surface area contributed by atoms with Crippen LogP contribution in [0.2, 0.25) is 0 Å². The second-order valence-corrected chi connectivity index (χ2v) is 11.5. The van der Waals surface area contributed by atoms with Crippen molar-refractivity contribution in [3.8, 4) is 0 Å². The molecule has 0 unspecified atom stereocenters. The minimum atomic E-state index is -0.706.